The van der Waals surface area contributed by atoms with Crippen molar-refractivity contribution < 1.29 is 14.0 Å². The van der Waals surface area contributed by atoms with Crippen molar-refractivity contribution in [2.75, 3.05) is 25.0 Å². The first-order valence-corrected chi connectivity index (χ1v) is 9.93. The fourth-order valence-corrected chi connectivity index (χ4v) is 4.30. The second-order valence-electron chi connectivity index (χ2n) is 7.89. The first-order valence-electron chi connectivity index (χ1n) is 9.93. The van der Waals surface area contributed by atoms with Crippen LogP contribution < -0.4 is 16.0 Å². The lowest BCUT2D eigenvalue weighted by atomic mass is 9.79. The zero-order valence-corrected chi connectivity index (χ0v) is 16.4. The smallest absolute Gasteiger partial charge is 0.319 e. The number of carbonyl (C=O) groups is 2. The Balaban J connectivity index is 1.35. The van der Waals surface area contributed by atoms with Crippen molar-refractivity contribution in [1.82, 2.24) is 15.5 Å². The Hall–Kier alpha value is -2.93. The van der Waals surface area contributed by atoms with Crippen LogP contribution in [0.4, 0.5) is 14.9 Å². The van der Waals surface area contributed by atoms with Gasteiger partial charge in [0.1, 0.15) is 5.82 Å². The number of anilines is 1. The predicted octanol–water partition coefficient (Wildman–Crippen LogP) is 3.07. The fourth-order valence-electron chi connectivity index (χ4n) is 4.30. The maximum atomic E-state index is 13.0. The minimum atomic E-state index is -0.358. The van der Waals surface area contributed by atoms with Crippen molar-refractivity contribution in [1.29, 1.82) is 0 Å². The molecule has 0 aliphatic carbocycles. The number of nitrogens with one attached hydrogen (secondary N) is 3. The van der Waals surface area contributed by atoms with Crippen LogP contribution in [0, 0.1) is 5.82 Å². The van der Waals surface area contributed by atoms with E-state index in [9.17, 15) is 14.0 Å². The van der Waals surface area contributed by atoms with Gasteiger partial charge in [0.25, 0.3) is 5.91 Å². The van der Waals surface area contributed by atoms with Crippen LogP contribution in [-0.4, -0.2) is 42.5 Å². The summed E-state index contributed by atoms with van der Waals surface area (Å²) in [6.07, 6.45) is 1.63. The molecule has 0 bridgehead atoms. The Morgan fingerprint density at radius 2 is 1.86 bits per heavy atom. The Labute approximate surface area is 169 Å². The van der Waals surface area contributed by atoms with E-state index in [1.807, 2.05) is 25.1 Å². The van der Waals surface area contributed by atoms with Gasteiger partial charge < -0.3 is 20.9 Å². The molecule has 152 valence electrons. The molecule has 3 amide bonds. The van der Waals surface area contributed by atoms with Crippen molar-refractivity contribution in [3.05, 3.63) is 65.5 Å². The van der Waals surface area contributed by atoms with Gasteiger partial charge in [-0.2, -0.15) is 0 Å². The van der Waals surface area contributed by atoms with E-state index in [2.05, 4.69) is 26.9 Å². The number of carbonyl (C=O) groups excluding carboxylic acids is 2. The standard InChI is InChI=1S/C22H25FN4O2/c1-15(24-20(28)16-6-8-17(23)9-7-16)14-27-12-10-22(11-13-27)18-4-2-3-5-19(18)25-21(29)26-22/h2-9,15H,10-14H2,1H3,(H,24,28)(H2,25,26,29)/t15-/m0/s1. The molecule has 2 aromatic rings. The van der Waals surface area contributed by atoms with Crippen LogP contribution in [0.5, 0.6) is 0 Å². The lowest BCUT2D eigenvalue weighted by Crippen LogP contribution is -2.57. The third-order valence-electron chi connectivity index (χ3n) is 5.77. The minimum absolute atomic E-state index is 0.0449. The Kier molecular flexibility index (Phi) is 5.24. The second-order valence-corrected chi connectivity index (χ2v) is 7.89. The highest BCUT2D eigenvalue weighted by atomic mass is 19.1. The number of nitrogens with zero attached hydrogens (tertiary/aromatic N) is 1. The maximum absolute atomic E-state index is 13.0. The van der Waals surface area contributed by atoms with Crippen LogP contribution in [0.1, 0.15) is 35.7 Å². The molecule has 0 saturated carbocycles. The van der Waals surface area contributed by atoms with Crippen molar-refractivity contribution in [3.63, 3.8) is 0 Å². The van der Waals surface area contributed by atoms with Crippen LogP contribution >= 0.6 is 0 Å². The van der Waals surface area contributed by atoms with Crippen molar-refractivity contribution >= 4 is 17.6 Å². The molecule has 4 rings (SSSR count). The fraction of sp³-hybridized carbons (Fsp3) is 0.364. The monoisotopic (exact) mass is 396 g/mol. The molecule has 0 radical (unpaired) electrons. The van der Waals surface area contributed by atoms with Crippen LogP contribution in [-0.2, 0) is 5.54 Å². The molecule has 0 unspecified atom stereocenters. The summed E-state index contributed by atoms with van der Waals surface area (Å²) in [5.74, 6) is -0.561. The third kappa shape index (κ3) is 4.10. The normalized spacial score (nSPS) is 19.0. The Morgan fingerprint density at radius 1 is 1.17 bits per heavy atom. The first kappa shape index (κ1) is 19.4. The summed E-state index contributed by atoms with van der Waals surface area (Å²) >= 11 is 0. The number of fused-ring (bicyclic) bond motifs is 2. The van der Waals surface area contributed by atoms with Gasteiger partial charge in [-0.3, -0.25) is 4.79 Å². The number of benzene rings is 2. The lowest BCUT2D eigenvalue weighted by Gasteiger charge is -2.46. The van der Waals surface area contributed by atoms with Crippen molar-refractivity contribution in [3.8, 4) is 0 Å². The van der Waals surface area contributed by atoms with E-state index in [-0.39, 0.29) is 29.3 Å². The van der Waals surface area contributed by atoms with Crippen LogP contribution in [0.2, 0.25) is 0 Å². The molecule has 7 heteroatoms. The van der Waals surface area contributed by atoms with Crippen LogP contribution in [0.25, 0.3) is 0 Å². The maximum Gasteiger partial charge on any atom is 0.319 e. The zero-order chi connectivity index (χ0) is 20.4. The van der Waals surface area contributed by atoms with E-state index in [1.165, 1.54) is 24.3 Å². The number of hydrogen-bond donors (Lipinski definition) is 3. The molecule has 6 nitrogen and oxygen atoms in total. The number of rotatable bonds is 4. The van der Waals surface area contributed by atoms with E-state index >= 15 is 0 Å². The van der Waals surface area contributed by atoms with Gasteiger partial charge in [-0.1, -0.05) is 18.2 Å². The topological polar surface area (TPSA) is 73.5 Å². The van der Waals surface area contributed by atoms with Crippen molar-refractivity contribution in [2.24, 2.45) is 0 Å². The van der Waals surface area contributed by atoms with Gasteiger partial charge in [-0.15, -0.1) is 0 Å². The van der Waals surface area contributed by atoms with Gasteiger partial charge in [0, 0.05) is 42.5 Å². The molecule has 3 N–H and O–H groups in total. The summed E-state index contributed by atoms with van der Waals surface area (Å²) in [4.78, 5) is 26.7. The molecule has 2 aliphatic rings. The minimum Gasteiger partial charge on any atom is -0.348 e. The molecule has 1 spiro atoms. The number of halogens is 1. The Bertz CT molecular complexity index is 907. The summed E-state index contributed by atoms with van der Waals surface area (Å²) < 4.78 is 13.0. The largest absolute Gasteiger partial charge is 0.348 e. The molecular weight excluding hydrogens is 371 g/mol. The highest BCUT2D eigenvalue weighted by Crippen LogP contribution is 2.39. The predicted molar refractivity (Wildman–Crippen MR) is 109 cm³/mol. The summed E-state index contributed by atoms with van der Waals surface area (Å²) in [7, 11) is 0. The number of likely N-dealkylation sites (tertiary alicyclic amines) is 1. The second kappa shape index (κ2) is 7.83. The number of piperidine rings is 1. The number of hydrogen-bond acceptors (Lipinski definition) is 3. The average molecular weight is 396 g/mol. The quantitative estimate of drug-likeness (QED) is 0.744. The zero-order valence-electron chi connectivity index (χ0n) is 16.4. The van der Waals surface area contributed by atoms with Gasteiger partial charge in [0.15, 0.2) is 0 Å². The first-order chi connectivity index (χ1) is 13.9. The van der Waals surface area contributed by atoms with Gasteiger partial charge in [0.05, 0.1) is 5.54 Å². The summed E-state index contributed by atoms with van der Waals surface area (Å²) in [5.41, 5.74) is 2.13. The number of amides is 3. The van der Waals surface area contributed by atoms with E-state index in [4.69, 9.17) is 0 Å². The molecule has 29 heavy (non-hydrogen) atoms. The molecule has 2 heterocycles. The van der Waals surface area contributed by atoms with E-state index in [0.717, 1.165) is 43.7 Å². The highest BCUT2D eigenvalue weighted by Gasteiger charge is 2.41. The van der Waals surface area contributed by atoms with Gasteiger partial charge in [0.2, 0.25) is 0 Å². The SMILES string of the molecule is C[C@@H](CN1CCC2(CC1)NC(=O)Nc1ccccc12)NC(=O)c1ccc(F)cc1. The summed E-state index contributed by atoms with van der Waals surface area (Å²) in [5, 5.41) is 9.00. The van der Waals surface area contributed by atoms with Crippen LogP contribution in [0.15, 0.2) is 48.5 Å². The molecule has 2 aliphatic heterocycles. The third-order valence-corrected chi connectivity index (χ3v) is 5.77. The molecule has 1 saturated heterocycles. The summed E-state index contributed by atoms with van der Waals surface area (Å²) in [6.45, 7) is 4.33. The van der Waals surface area contributed by atoms with Crippen LogP contribution in [0.3, 0.4) is 0 Å². The van der Waals surface area contributed by atoms with Gasteiger partial charge >= 0.3 is 6.03 Å². The lowest BCUT2D eigenvalue weighted by molar-refractivity contribution is 0.0907. The summed E-state index contributed by atoms with van der Waals surface area (Å²) in [6, 6.07) is 13.3. The van der Waals surface area contributed by atoms with Gasteiger partial charge in [-0.05, 0) is 50.1 Å². The van der Waals surface area contributed by atoms with E-state index < -0.39 is 0 Å². The van der Waals surface area contributed by atoms with Gasteiger partial charge in [-0.25, -0.2) is 9.18 Å². The average Bonchev–Trinajstić information content (AvgIpc) is 2.70. The highest BCUT2D eigenvalue weighted by molar-refractivity contribution is 5.94. The molecule has 2 aromatic carbocycles. The number of para-hydroxylation sites is 1. The van der Waals surface area contributed by atoms with E-state index in [0.29, 0.717) is 5.56 Å². The molecule has 1 atom stereocenters. The Morgan fingerprint density at radius 3 is 2.59 bits per heavy atom. The number of urea groups is 1. The van der Waals surface area contributed by atoms with Crippen molar-refractivity contribution in [2.45, 2.75) is 31.3 Å². The molecular formula is C22H25FN4O2. The molecule has 1 fully saturated rings. The van der Waals surface area contributed by atoms with E-state index in [1.54, 1.807) is 0 Å². The molecule has 0 aromatic heterocycles.